The monoisotopic (exact) mass is 214 g/mol. The Kier molecular flexibility index (Phi) is 3.09. The van der Waals surface area contributed by atoms with Gasteiger partial charge in [-0.25, -0.2) is 24.6 Å². The molecule has 1 heterocycles. The van der Waals surface area contributed by atoms with E-state index in [2.05, 4.69) is 5.32 Å². The van der Waals surface area contributed by atoms with Crippen LogP contribution in [0.4, 0.5) is 14.4 Å². The van der Waals surface area contributed by atoms with Gasteiger partial charge in [0, 0.05) is 6.54 Å². The Morgan fingerprint density at radius 3 is 2.07 bits per heavy atom. The van der Waals surface area contributed by atoms with Gasteiger partial charge in [-0.3, -0.25) is 0 Å². The number of hydrogen-bond donors (Lipinski definition) is 1. The third-order valence-corrected chi connectivity index (χ3v) is 2.84. The molecule has 1 aliphatic rings. The lowest BCUT2D eigenvalue weighted by Crippen LogP contribution is -2.72. The lowest BCUT2D eigenvalue weighted by atomic mass is 10.3. The minimum absolute atomic E-state index is 0.276. The van der Waals surface area contributed by atoms with Crippen LogP contribution in [0, 0.1) is 0 Å². The van der Waals surface area contributed by atoms with Crippen LogP contribution in [0.15, 0.2) is 0 Å². The molecule has 1 fully saturated rings. The maximum Gasteiger partial charge on any atom is 0.436 e. The zero-order valence-corrected chi connectivity index (χ0v) is 9.24. The van der Waals surface area contributed by atoms with Crippen LogP contribution in [-0.2, 0) is 0 Å². The molecular weight excluding hydrogens is 198 g/mol. The third-order valence-electron chi connectivity index (χ3n) is 2.84. The van der Waals surface area contributed by atoms with E-state index in [1.54, 1.807) is 20.8 Å². The van der Waals surface area contributed by atoms with E-state index in [4.69, 9.17) is 0 Å². The van der Waals surface area contributed by atoms with Crippen molar-refractivity contribution in [1.29, 1.82) is 0 Å². The lowest BCUT2D eigenvalue weighted by molar-refractivity contribution is -0.769. The summed E-state index contributed by atoms with van der Waals surface area (Å²) in [5.74, 6) is 0. The smallest absolute Gasteiger partial charge is 0.247 e. The average Bonchev–Trinajstić information content (AvgIpc) is 2.20. The second-order valence-corrected chi connectivity index (χ2v) is 3.36. The lowest BCUT2D eigenvalue weighted by Gasteiger charge is -2.37. The van der Waals surface area contributed by atoms with Crippen molar-refractivity contribution in [3.8, 4) is 0 Å². The van der Waals surface area contributed by atoms with E-state index in [0.717, 1.165) is 4.90 Å². The molecule has 1 N–H and O–H groups in total. The van der Waals surface area contributed by atoms with Crippen molar-refractivity contribution >= 4 is 18.1 Å². The highest BCUT2D eigenvalue weighted by Gasteiger charge is 2.51. The maximum atomic E-state index is 12.0. The molecule has 0 saturated carbocycles. The highest BCUT2D eigenvalue weighted by molar-refractivity contribution is 6.05. The Balaban J connectivity index is 3.12. The van der Waals surface area contributed by atoms with Gasteiger partial charge in [0.05, 0.1) is 13.1 Å². The van der Waals surface area contributed by atoms with Crippen LogP contribution in [0.1, 0.15) is 20.8 Å². The number of carbonyl (C=O) groups excluding carboxylic acids is 3. The van der Waals surface area contributed by atoms with Crippen molar-refractivity contribution in [2.45, 2.75) is 20.8 Å². The molecule has 1 aliphatic heterocycles. The number of urea groups is 3. The van der Waals surface area contributed by atoms with Gasteiger partial charge in [-0.1, -0.05) is 0 Å². The van der Waals surface area contributed by atoms with E-state index in [1.807, 2.05) is 0 Å². The van der Waals surface area contributed by atoms with Crippen molar-refractivity contribution < 1.29 is 18.9 Å². The Morgan fingerprint density at radius 1 is 1.13 bits per heavy atom. The van der Waals surface area contributed by atoms with Crippen molar-refractivity contribution in [3.05, 3.63) is 0 Å². The molecule has 0 aliphatic carbocycles. The van der Waals surface area contributed by atoms with E-state index in [9.17, 15) is 14.4 Å². The minimum atomic E-state index is -0.622. The van der Waals surface area contributed by atoms with Gasteiger partial charge < -0.3 is 0 Å². The molecule has 0 aromatic rings. The van der Waals surface area contributed by atoms with E-state index < -0.39 is 18.1 Å². The number of rotatable bonds is 3. The van der Waals surface area contributed by atoms with Gasteiger partial charge in [-0.15, -0.1) is 0 Å². The summed E-state index contributed by atoms with van der Waals surface area (Å²) >= 11 is 0. The van der Waals surface area contributed by atoms with Crippen LogP contribution in [0.2, 0.25) is 0 Å². The highest BCUT2D eigenvalue weighted by Crippen LogP contribution is 2.17. The third kappa shape index (κ3) is 1.50. The average molecular weight is 214 g/mol. The first-order chi connectivity index (χ1) is 7.03. The van der Waals surface area contributed by atoms with E-state index in [-0.39, 0.29) is 11.0 Å². The standard InChI is InChI=1S/C9H15N3O3/c1-4-11-7(13)10-8(14)12(5-2,6-3)9(11)15/h4-6H2,1-3H3/p+1. The van der Waals surface area contributed by atoms with Crippen LogP contribution < -0.4 is 5.32 Å². The van der Waals surface area contributed by atoms with Crippen LogP contribution in [0.3, 0.4) is 0 Å². The van der Waals surface area contributed by atoms with Gasteiger partial charge in [0.2, 0.25) is 0 Å². The van der Waals surface area contributed by atoms with Crippen molar-refractivity contribution in [1.82, 2.24) is 10.2 Å². The predicted molar refractivity (Wildman–Crippen MR) is 53.0 cm³/mol. The summed E-state index contributed by atoms with van der Waals surface area (Å²) in [5, 5.41) is 2.20. The molecule has 0 atom stereocenters. The molecule has 0 unspecified atom stereocenters. The molecular formula is C9H16N3O3+. The highest BCUT2D eigenvalue weighted by atomic mass is 16.2. The summed E-state index contributed by atoms with van der Waals surface area (Å²) in [5.41, 5.74) is 0. The number of imide groups is 3. The molecule has 0 bridgehead atoms. The van der Waals surface area contributed by atoms with Gasteiger partial charge in [0.1, 0.15) is 0 Å². The fraction of sp³-hybridized carbons (Fsp3) is 0.667. The van der Waals surface area contributed by atoms with E-state index >= 15 is 0 Å². The normalized spacial score (nSPS) is 20.5. The van der Waals surface area contributed by atoms with Gasteiger partial charge in [0.15, 0.2) is 0 Å². The first-order valence-electron chi connectivity index (χ1n) is 5.08. The van der Waals surface area contributed by atoms with Crippen molar-refractivity contribution in [2.75, 3.05) is 19.6 Å². The quantitative estimate of drug-likeness (QED) is 0.716. The number of quaternary nitrogens is 1. The van der Waals surface area contributed by atoms with Crippen molar-refractivity contribution in [2.24, 2.45) is 0 Å². The summed E-state index contributed by atoms with van der Waals surface area (Å²) < 4.78 is -0.334. The Morgan fingerprint density at radius 2 is 1.67 bits per heavy atom. The minimum Gasteiger partial charge on any atom is -0.247 e. The maximum absolute atomic E-state index is 12.0. The molecule has 0 radical (unpaired) electrons. The summed E-state index contributed by atoms with van der Waals surface area (Å²) in [7, 11) is 0. The molecule has 0 aromatic heterocycles. The fourth-order valence-corrected chi connectivity index (χ4v) is 1.73. The second-order valence-electron chi connectivity index (χ2n) is 3.36. The molecule has 1 rings (SSSR count). The van der Waals surface area contributed by atoms with Gasteiger partial charge in [-0.05, 0) is 20.8 Å². The van der Waals surface area contributed by atoms with Crippen LogP contribution in [0.25, 0.3) is 0 Å². The molecule has 6 amide bonds. The van der Waals surface area contributed by atoms with Crippen LogP contribution in [0.5, 0.6) is 0 Å². The second kappa shape index (κ2) is 3.98. The van der Waals surface area contributed by atoms with Gasteiger partial charge in [0.25, 0.3) is 0 Å². The number of nitrogens with one attached hydrogen (secondary N) is 1. The Labute approximate surface area is 88.4 Å². The Bertz CT molecular complexity index is 310. The van der Waals surface area contributed by atoms with Gasteiger partial charge >= 0.3 is 18.1 Å². The SMILES string of the molecule is CCN1C(=O)NC(=O)[N+](CC)(CC)C1=O. The molecule has 1 saturated heterocycles. The predicted octanol–water partition coefficient (Wildman–Crippen LogP) is 1.13. The summed E-state index contributed by atoms with van der Waals surface area (Å²) in [6.07, 6.45) is 0. The topological polar surface area (TPSA) is 66.5 Å². The number of nitrogens with zero attached hydrogens (tertiary/aromatic N) is 2. The van der Waals surface area contributed by atoms with Crippen LogP contribution >= 0.6 is 0 Å². The molecule has 84 valence electrons. The first kappa shape index (κ1) is 11.6. The zero-order valence-electron chi connectivity index (χ0n) is 9.24. The number of hydrogen-bond acceptors (Lipinski definition) is 3. The molecule has 15 heavy (non-hydrogen) atoms. The molecule has 6 heteroatoms. The van der Waals surface area contributed by atoms with Crippen molar-refractivity contribution in [3.63, 3.8) is 0 Å². The van der Waals surface area contributed by atoms with Crippen LogP contribution in [-0.4, -0.2) is 47.1 Å². The summed E-state index contributed by atoms with van der Waals surface area (Å²) in [4.78, 5) is 36.0. The molecule has 0 spiro atoms. The van der Waals surface area contributed by atoms with E-state index in [1.165, 1.54) is 0 Å². The van der Waals surface area contributed by atoms with E-state index in [0.29, 0.717) is 13.1 Å². The number of carbonyl (C=O) groups is 3. The Hall–Kier alpha value is -1.43. The fourth-order valence-electron chi connectivity index (χ4n) is 1.73. The first-order valence-corrected chi connectivity index (χ1v) is 5.08. The van der Waals surface area contributed by atoms with Gasteiger partial charge in [-0.2, -0.15) is 4.48 Å². The zero-order chi connectivity index (χ0) is 11.6. The molecule has 0 aromatic carbocycles. The largest absolute Gasteiger partial charge is 0.436 e. The summed E-state index contributed by atoms with van der Waals surface area (Å²) in [6, 6.07) is -1.58. The molecule has 6 nitrogen and oxygen atoms in total. The summed E-state index contributed by atoms with van der Waals surface area (Å²) in [6.45, 7) is 6.19. The number of amides is 6.